The van der Waals surface area contributed by atoms with Crippen LogP contribution < -0.4 is 5.69 Å². The van der Waals surface area contributed by atoms with Gasteiger partial charge in [-0.3, -0.25) is 4.90 Å². The Labute approximate surface area is 116 Å². The SMILES string of the molecule is CCS(=O)(=O)C1CN(Cc2ccc3[nH]c(=O)[nH]c3c2)C1. The molecule has 108 valence electrons. The van der Waals surface area contributed by atoms with E-state index >= 15 is 0 Å². The van der Waals surface area contributed by atoms with Gasteiger partial charge in [0.25, 0.3) is 0 Å². The molecule has 0 saturated carbocycles. The summed E-state index contributed by atoms with van der Waals surface area (Å²) in [5.41, 5.74) is 2.43. The van der Waals surface area contributed by atoms with Crippen LogP contribution in [0, 0.1) is 0 Å². The van der Waals surface area contributed by atoms with Crippen LogP contribution in [0.1, 0.15) is 12.5 Å². The molecule has 1 fully saturated rings. The highest BCUT2D eigenvalue weighted by molar-refractivity contribution is 7.92. The number of hydrogen-bond acceptors (Lipinski definition) is 4. The Bertz CT molecular complexity index is 785. The first-order chi connectivity index (χ1) is 9.48. The van der Waals surface area contributed by atoms with Gasteiger partial charge in [-0.25, -0.2) is 13.2 Å². The number of rotatable bonds is 4. The van der Waals surface area contributed by atoms with E-state index in [2.05, 4.69) is 14.9 Å². The Morgan fingerprint density at radius 1 is 1.25 bits per heavy atom. The maximum absolute atomic E-state index is 11.7. The number of H-pyrrole nitrogens is 2. The topological polar surface area (TPSA) is 86.0 Å². The van der Waals surface area contributed by atoms with Gasteiger partial charge in [-0.1, -0.05) is 13.0 Å². The third-order valence-corrected chi connectivity index (χ3v) is 5.94. The van der Waals surface area contributed by atoms with Gasteiger partial charge in [0, 0.05) is 25.4 Å². The van der Waals surface area contributed by atoms with Gasteiger partial charge in [0.2, 0.25) is 0 Å². The monoisotopic (exact) mass is 295 g/mol. The van der Waals surface area contributed by atoms with Crippen LogP contribution in [0.4, 0.5) is 0 Å². The van der Waals surface area contributed by atoms with Crippen molar-refractivity contribution >= 4 is 20.9 Å². The second-order valence-electron chi connectivity index (χ2n) is 5.23. The van der Waals surface area contributed by atoms with Crippen molar-refractivity contribution in [2.75, 3.05) is 18.8 Å². The van der Waals surface area contributed by atoms with Crippen molar-refractivity contribution in [3.05, 3.63) is 34.2 Å². The molecule has 2 heterocycles. The highest BCUT2D eigenvalue weighted by atomic mass is 32.2. The van der Waals surface area contributed by atoms with E-state index in [1.807, 2.05) is 18.2 Å². The number of imidazole rings is 1. The van der Waals surface area contributed by atoms with E-state index in [4.69, 9.17) is 0 Å². The zero-order chi connectivity index (χ0) is 14.3. The lowest BCUT2D eigenvalue weighted by molar-refractivity contribution is 0.176. The normalized spacial score (nSPS) is 17.4. The van der Waals surface area contributed by atoms with E-state index in [1.54, 1.807) is 6.92 Å². The molecule has 2 N–H and O–H groups in total. The highest BCUT2D eigenvalue weighted by Crippen LogP contribution is 2.20. The fourth-order valence-electron chi connectivity index (χ4n) is 2.55. The van der Waals surface area contributed by atoms with Gasteiger partial charge >= 0.3 is 5.69 Å². The molecular weight excluding hydrogens is 278 g/mol. The number of fused-ring (bicyclic) bond motifs is 1. The lowest BCUT2D eigenvalue weighted by Gasteiger charge is -2.38. The Hall–Kier alpha value is -1.60. The minimum absolute atomic E-state index is 0.210. The molecule has 0 atom stereocenters. The van der Waals surface area contributed by atoms with Crippen LogP contribution in [0.3, 0.4) is 0 Å². The Balaban J connectivity index is 1.68. The van der Waals surface area contributed by atoms with Crippen LogP contribution in [0.15, 0.2) is 23.0 Å². The summed E-state index contributed by atoms with van der Waals surface area (Å²) < 4.78 is 23.4. The van der Waals surface area contributed by atoms with Gasteiger partial charge in [0.05, 0.1) is 16.3 Å². The van der Waals surface area contributed by atoms with Crippen LogP contribution in [0.2, 0.25) is 0 Å². The summed E-state index contributed by atoms with van der Waals surface area (Å²) >= 11 is 0. The third kappa shape index (κ3) is 2.38. The third-order valence-electron chi connectivity index (χ3n) is 3.82. The molecule has 2 aromatic rings. The molecule has 0 aliphatic carbocycles. The second-order valence-corrected chi connectivity index (χ2v) is 7.80. The Morgan fingerprint density at radius 2 is 1.95 bits per heavy atom. The predicted molar refractivity (Wildman–Crippen MR) is 77.4 cm³/mol. The van der Waals surface area contributed by atoms with Crippen molar-refractivity contribution in [2.45, 2.75) is 18.7 Å². The van der Waals surface area contributed by atoms with Gasteiger partial charge in [0.1, 0.15) is 0 Å². The molecule has 6 nitrogen and oxygen atoms in total. The van der Waals surface area contributed by atoms with E-state index in [1.165, 1.54) is 0 Å². The highest BCUT2D eigenvalue weighted by Gasteiger charge is 2.35. The largest absolute Gasteiger partial charge is 0.323 e. The van der Waals surface area contributed by atoms with E-state index in [9.17, 15) is 13.2 Å². The first-order valence-electron chi connectivity index (χ1n) is 6.63. The lowest BCUT2D eigenvalue weighted by Crippen LogP contribution is -2.54. The lowest BCUT2D eigenvalue weighted by atomic mass is 10.1. The smallest absolute Gasteiger partial charge is 0.306 e. The van der Waals surface area contributed by atoms with Crippen molar-refractivity contribution in [1.29, 1.82) is 0 Å². The van der Waals surface area contributed by atoms with Gasteiger partial charge in [0.15, 0.2) is 9.84 Å². The molecule has 1 aromatic heterocycles. The molecule has 0 amide bonds. The van der Waals surface area contributed by atoms with Crippen LogP contribution in [-0.2, 0) is 16.4 Å². The number of aromatic nitrogens is 2. The molecule has 1 aliphatic heterocycles. The van der Waals surface area contributed by atoms with Crippen LogP contribution in [-0.4, -0.2) is 47.4 Å². The van der Waals surface area contributed by atoms with Crippen molar-refractivity contribution in [3.8, 4) is 0 Å². The zero-order valence-electron chi connectivity index (χ0n) is 11.2. The van der Waals surface area contributed by atoms with Gasteiger partial charge in [-0.05, 0) is 17.7 Å². The number of hydrogen-bond donors (Lipinski definition) is 2. The van der Waals surface area contributed by atoms with Crippen LogP contribution in [0.25, 0.3) is 11.0 Å². The van der Waals surface area contributed by atoms with Crippen molar-refractivity contribution < 1.29 is 8.42 Å². The summed E-state index contributed by atoms with van der Waals surface area (Å²) in [5.74, 6) is 0.210. The summed E-state index contributed by atoms with van der Waals surface area (Å²) in [6, 6.07) is 5.74. The molecule has 0 unspecified atom stereocenters. The van der Waals surface area contributed by atoms with Crippen molar-refractivity contribution in [3.63, 3.8) is 0 Å². The van der Waals surface area contributed by atoms with Crippen LogP contribution >= 0.6 is 0 Å². The summed E-state index contributed by atoms with van der Waals surface area (Å²) in [7, 11) is -2.91. The quantitative estimate of drug-likeness (QED) is 0.859. The summed E-state index contributed by atoms with van der Waals surface area (Å²) in [4.78, 5) is 18.7. The van der Waals surface area contributed by atoms with E-state index in [-0.39, 0.29) is 16.7 Å². The maximum atomic E-state index is 11.7. The van der Waals surface area contributed by atoms with Gasteiger partial charge < -0.3 is 9.97 Å². The molecule has 0 spiro atoms. The average Bonchev–Trinajstić information content (AvgIpc) is 2.72. The minimum atomic E-state index is -2.91. The number of nitrogens with one attached hydrogen (secondary N) is 2. The molecule has 0 bridgehead atoms. The molecule has 7 heteroatoms. The van der Waals surface area contributed by atoms with E-state index < -0.39 is 9.84 Å². The zero-order valence-corrected chi connectivity index (χ0v) is 12.0. The molecule has 3 rings (SSSR count). The summed E-state index contributed by atoms with van der Waals surface area (Å²) in [6.07, 6.45) is 0. The van der Waals surface area contributed by atoms with Gasteiger partial charge in [-0.2, -0.15) is 0 Å². The van der Waals surface area contributed by atoms with Crippen LogP contribution in [0.5, 0.6) is 0 Å². The predicted octanol–water partition coefficient (Wildman–Crippen LogP) is 0.475. The van der Waals surface area contributed by atoms with Crippen molar-refractivity contribution in [2.24, 2.45) is 0 Å². The average molecular weight is 295 g/mol. The Morgan fingerprint density at radius 3 is 2.65 bits per heavy atom. The molecule has 1 saturated heterocycles. The summed E-state index contributed by atoms with van der Waals surface area (Å²) in [5, 5.41) is -0.219. The fourth-order valence-corrected chi connectivity index (χ4v) is 3.90. The number of benzene rings is 1. The molecular formula is C13H17N3O3S. The number of sulfone groups is 1. The number of aromatic amines is 2. The minimum Gasteiger partial charge on any atom is -0.306 e. The second kappa shape index (κ2) is 4.75. The molecule has 20 heavy (non-hydrogen) atoms. The first-order valence-corrected chi connectivity index (χ1v) is 8.34. The maximum Gasteiger partial charge on any atom is 0.323 e. The summed E-state index contributed by atoms with van der Waals surface area (Å²) in [6.45, 7) is 3.59. The molecule has 1 aliphatic rings. The number of likely N-dealkylation sites (tertiary alicyclic amines) is 1. The molecule has 1 aromatic carbocycles. The van der Waals surface area contributed by atoms with E-state index in [0.29, 0.717) is 19.6 Å². The van der Waals surface area contributed by atoms with Crippen molar-refractivity contribution in [1.82, 2.24) is 14.9 Å². The van der Waals surface area contributed by atoms with Gasteiger partial charge in [-0.15, -0.1) is 0 Å². The number of nitrogens with zero attached hydrogens (tertiary/aromatic N) is 1. The molecule has 0 radical (unpaired) electrons. The van der Waals surface area contributed by atoms with E-state index in [0.717, 1.165) is 16.6 Å². The Kier molecular flexibility index (Phi) is 3.18. The first kappa shape index (κ1) is 13.4. The fraction of sp³-hybridized carbons (Fsp3) is 0.462. The standard InChI is InChI=1S/C13H17N3O3S/c1-2-20(18,19)10-7-16(8-10)6-9-3-4-11-12(5-9)15-13(17)14-11/h3-5,10H,2,6-8H2,1H3,(H2,14,15,17).